The molecule has 0 aliphatic carbocycles. The number of carbonyl (C=O) groups excluding carboxylic acids is 2. The van der Waals surface area contributed by atoms with Crippen LogP contribution >= 0.6 is 11.6 Å². The van der Waals surface area contributed by atoms with Gasteiger partial charge in [-0.2, -0.15) is 0 Å². The Bertz CT molecular complexity index is 1420. The van der Waals surface area contributed by atoms with E-state index in [0.717, 1.165) is 21.0 Å². The lowest BCUT2D eigenvalue weighted by atomic mass is 10.1. The van der Waals surface area contributed by atoms with Crippen molar-refractivity contribution < 1.29 is 18.0 Å². The fourth-order valence-corrected chi connectivity index (χ4v) is 5.78. The number of hydrogen-bond donors (Lipinski definition) is 1. The summed E-state index contributed by atoms with van der Waals surface area (Å²) in [6.07, 6.45) is 0.355. The minimum Gasteiger partial charge on any atom is -0.350 e. The van der Waals surface area contributed by atoms with E-state index < -0.39 is 34.1 Å². The van der Waals surface area contributed by atoms with E-state index in [2.05, 4.69) is 5.32 Å². The lowest BCUT2D eigenvalue weighted by molar-refractivity contribution is -0.141. The van der Waals surface area contributed by atoms with Crippen LogP contribution in [0.2, 0.25) is 5.02 Å². The lowest BCUT2D eigenvalue weighted by Gasteiger charge is -2.34. The average molecular weight is 584 g/mol. The Hall–Kier alpha value is -3.36. The van der Waals surface area contributed by atoms with E-state index in [1.54, 1.807) is 24.3 Å². The summed E-state index contributed by atoms with van der Waals surface area (Å²) in [6.45, 7) is 11.0. The molecule has 0 aliphatic heterocycles. The molecule has 0 aliphatic rings. The van der Waals surface area contributed by atoms with E-state index in [0.29, 0.717) is 17.1 Å². The van der Waals surface area contributed by atoms with Crippen LogP contribution in [0.15, 0.2) is 77.7 Å². The average Bonchev–Trinajstić information content (AvgIpc) is 2.88. The Morgan fingerprint density at radius 1 is 0.875 bits per heavy atom. The Kier molecular flexibility index (Phi) is 10.0. The maximum Gasteiger partial charge on any atom is 0.264 e. The smallest absolute Gasteiger partial charge is 0.264 e. The number of nitrogens with one attached hydrogen (secondary N) is 1. The molecule has 7 nitrogen and oxygen atoms in total. The zero-order valence-electron chi connectivity index (χ0n) is 23.9. The molecule has 3 aromatic carbocycles. The first-order valence-corrected chi connectivity index (χ1v) is 15.0. The number of nitrogens with zero attached hydrogens (tertiary/aromatic N) is 2. The topological polar surface area (TPSA) is 86.8 Å². The summed E-state index contributed by atoms with van der Waals surface area (Å²) in [6, 6.07) is 19.7. The first kappa shape index (κ1) is 31.2. The van der Waals surface area contributed by atoms with Gasteiger partial charge in [-0.05, 0) is 83.0 Å². The van der Waals surface area contributed by atoms with E-state index in [-0.39, 0.29) is 17.3 Å². The minimum atomic E-state index is -4.15. The first-order valence-electron chi connectivity index (χ1n) is 13.2. The molecule has 9 heteroatoms. The standard InChI is InChI=1S/C31H38ClN3O4S/c1-7-28(30(37)33-31(4,5)6)34(20-24-12-8-22(2)9-13-24)29(36)21-35(26-16-10-23(3)11-17-26)40(38,39)27-18-14-25(32)15-19-27/h8-19,28H,7,20-21H2,1-6H3,(H,33,37)/t28-/m1/s1. The van der Waals surface area contributed by atoms with E-state index >= 15 is 0 Å². The van der Waals surface area contributed by atoms with Crippen molar-refractivity contribution >= 4 is 39.1 Å². The van der Waals surface area contributed by atoms with Gasteiger partial charge in [-0.1, -0.05) is 66.0 Å². The molecule has 3 rings (SSSR count). The molecular formula is C31H38ClN3O4S. The molecule has 40 heavy (non-hydrogen) atoms. The normalized spacial score (nSPS) is 12.5. The summed E-state index contributed by atoms with van der Waals surface area (Å²) in [5.41, 5.74) is 2.69. The van der Waals surface area contributed by atoms with Crippen molar-refractivity contribution in [3.63, 3.8) is 0 Å². The molecule has 0 spiro atoms. The van der Waals surface area contributed by atoms with Crippen LogP contribution in [0.1, 0.15) is 50.8 Å². The van der Waals surface area contributed by atoms with Crippen molar-refractivity contribution in [2.45, 2.75) is 71.0 Å². The number of hydrogen-bond acceptors (Lipinski definition) is 4. The van der Waals surface area contributed by atoms with Gasteiger partial charge in [0.15, 0.2) is 0 Å². The summed E-state index contributed by atoms with van der Waals surface area (Å²) in [5, 5.41) is 3.38. The second-order valence-corrected chi connectivity index (χ2v) is 13.3. The summed E-state index contributed by atoms with van der Waals surface area (Å²) in [7, 11) is -4.15. The number of carbonyl (C=O) groups is 2. The number of halogens is 1. The Morgan fingerprint density at radius 3 is 1.90 bits per heavy atom. The fraction of sp³-hybridized carbons (Fsp3) is 0.355. The number of sulfonamides is 1. The fourth-order valence-electron chi connectivity index (χ4n) is 4.24. The maximum atomic E-state index is 14.1. The van der Waals surface area contributed by atoms with Gasteiger partial charge in [0.2, 0.25) is 11.8 Å². The highest BCUT2D eigenvalue weighted by molar-refractivity contribution is 7.92. The quantitative estimate of drug-likeness (QED) is 0.323. The van der Waals surface area contributed by atoms with Gasteiger partial charge in [-0.25, -0.2) is 8.42 Å². The molecule has 0 fully saturated rings. The molecule has 1 atom stereocenters. The van der Waals surface area contributed by atoms with Crippen LogP contribution in [-0.4, -0.2) is 43.3 Å². The summed E-state index contributed by atoms with van der Waals surface area (Å²) < 4.78 is 28.8. The molecule has 2 amide bonds. The number of rotatable bonds is 10. The Labute approximate surface area is 243 Å². The molecule has 0 saturated heterocycles. The number of benzene rings is 3. The number of amides is 2. The summed E-state index contributed by atoms with van der Waals surface area (Å²) in [5.74, 6) is -0.785. The van der Waals surface area contributed by atoms with Crippen LogP contribution < -0.4 is 9.62 Å². The van der Waals surface area contributed by atoms with E-state index in [9.17, 15) is 18.0 Å². The van der Waals surface area contributed by atoms with Crippen molar-refractivity contribution in [1.82, 2.24) is 10.2 Å². The largest absolute Gasteiger partial charge is 0.350 e. The van der Waals surface area contributed by atoms with Gasteiger partial charge in [-0.3, -0.25) is 13.9 Å². The van der Waals surface area contributed by atoms with Crippen molar-refractivity contribution in [3.8, 4) is 0 Å². The predicted molar refractivity (Wildman–Crippen MR) is 161 cm³/mol. The van der Waals surface area contributed by atoms with Crippen molar-refractivity contribution in [2.24, 2.45) is 0 Å². The molecule has 0 unspecified atom stereocenters. The van der Waals surface area contributed by atoms with Crippen molar-refractivity contribution in [3.05, 3.63) is 94.5 Å². The van der Waals surface area contributed by atoms with Crippen LogP contribution in [0.4, 0.5) is 5.69 Å². The molecular weight excluding hydrogens is 546 g/mol. The molecule has 3 aromatic rings. The zero-order chi connectivity index (χ0) is 29.7. The highest BCUT2D eigenvalue weighted by atomic mass is 35.5. The molecule has 0 heterocycles. The van der Waals surface area contributed by atoms with Crippen molar-refractivity contribution in [2.75, 3.05) is 10.8 Å². The monoisotopic (exact) mass is 583 g/mol. The molecule has 0 radical (unpaired) electrons. The third kappa shape index (κ3) is 8.08. The summed E-state index contributed by atoms with van der Waals surface area (Å²) >= 11 is 6.01. The van der Waals surface area contributed by atoms with Gasteiger partial charge in [-0.15, -0.1) is 0 Å². The summed E-state index contributed by atoms with van der Waals surface area (Å²) in [4.78, 5) is 28.9. The minimum absolute atomic E-state index is 0.00729. The highest BCUT2D eigenvalue weighted by Gasteiger charge is 2.34. The molecule has 1 N–H and O–H groups in total. The van der Waals surface area contributed by atoms with Gasteiger partial charge in [0, 0.05) is 17.1 Å². The third-order valence-electron chi connectivity index (χ3n) is 6.36. The maximum absolute atomic E-state index is 14.1. The second kappa shape index (κ2) is 12.9. The Balaban J connectivity index is 2.06. The molecule has 0 saturated carbocycles. The van der Waals surface area contributed by atoms with E-state index in [4.69, 9.17) is 11.6 Å². The van der Waals surface area contributed by atoms with Crippen molar-refractivity contribution in [1.29, 1.82) is 0 Å². The van der Waals surface area contributed by atoms with E-state index in [1.807, 2.05) is 65.8 Å². The van der Waals surface area contributed by atoms with Gasteiger partial charge in [0.1, 0.15) is 12.6 Å². The van der Waals surface area contributed by atoms with Gasteiger partial charge in [0.25, 0.3) is 10.0 Å². The Morgan fingerprint density at radius 2 is 1.40 bits per heavy atom. The highest BCUT2D eigenvalue weighted by Crippen LogP contribution is 2.26. The van der Waals surface area contributed by atoms with Gasteiger partial charge in [0.05, 0.1) is 10.6 Å². The zero-order valence-corrected chi connectivity index (χ0v) is 25.5. The second-order valence-electron chi connectivity index (χ2n) is 11.0. The predicted octanol–water partition coefficient (Wildman–Crippen LogP) is 5.87. The third-order valence-corrected chi connectivity index (χ3v) is 8.40. The van der Waals surface area contributed by atoms with E-state index in [1.165, 1.54) is 29.2 Å². The van der Waals surface area contributed by atoms with Crippen LogP contribution in [0.25, 0.3) is 0 Å². The number of anilines is 1. The van der Waals surface area contributed by atoms with Crippen LogP contribution in [0, 0.1) is 13.8 Å². The number of aryl methyl sites for hydroxylation is 2. The van der Waals surface area contributed by atoms with Crippen LogP contribution in [-0.2, 0) is 26.2 Å². The molecule has 0 aromatic heterocycles. The first-order chi connectivity index (χ1) is 18.7. The molecule has 0 bridgehead atoms. The van der Waals surface area contributed by atoms with Gasteiger partial charge < -0.3 is 10.2 Å². The van der Waals surface area contributed by atoms with Crippen LogP contribution in [0.5, 0.6) is 0 Å². The molecule has 214 valence electrons. The van der Waals surface area contributed by atoms with Crippen LogP contribution in [0.3, 0.4) is 0 Å². The lowest BCUT2D eigenvalue weighted by Crippen LogP contribution is -2.55. The van der Waals surface area contributed by atoms with Gasteiger partial charge >= 0.3 is 0 Å². The SMILES string of the molecule is CC[C@H](C(=O)NC(C)(C)C)N(Cc1ccc(C)cc1)C(=O)CN(c1ccc(C)cc1)S(=O)(=O)c1ccc(Cl)cc1.